The number of rotatable bonds is 2. The lowest BCUT2D eigenvalue weighted by molar-refractivity contribution is 0.0759. The van der Waals surface area contributed by atoms with Crippen LogP contribution in [-0.2, 0) is 0 Å². The monoisotopic (exact) mass is 269 g/mol. The van der Waals surface area contributed by atoms with E-state index >= 15 is 0 Å². The lowest BCUT2D eigenvalue weighted by atomic mass is 9.89. The van der Waals surface area contributed by atoms with E-state index in [1.807, 2.05) is 30.3 Å². The Morgan fingerprint density at radius 3 is 2.55 bits per heavy atom. The summed E-state index contributed by atoms with van der Waals surface area (Å²) in [6.07, 6.45) is 0.894. The molecule has 3 nitrogen and oxygen atoms in total. The van der Waals surface area contributed by atoms with Gasteiger partial charge in [0.2, 0.25) is 0 Å². The van der Waals surface area contributed by atoms with Gasteiger partial charge in [-0.15, -0.1) is 0 Å². The minimum Gasteiger partial charge on any atom is -0.508 e. The van der Waals surface area contributed by atoms with E-state index in [4.69, 9.17) is 4.74 Å². The molecule has 1 atom stereocenters. The minimum absolute atomic E-state index is 0.192. The first-order valence-electron chi connectivity index (χ1n) is 6.87. The van der Waals surface area contributed by atoms with Crippen molar-refractivity contribution in [2.24, 2.45) is 0 Å². The first kappa shape index (κ1) is 12.9. The van der Waals surface area contributed by atoms with Gasteiger partial charge >= 0.3 is 0 Å². The highest BCUT2D eigenvalue weighted by Crippen LogP contribution is 2.40. The Bertz CT molecular complexity index is 605. The molecule has 3 rings (SSSR count). The molecular formula is C17H19NO2. The Kier molecular flexibility index (Phi) is 3.05. The molecule has 2 aromatic rings. The van der Waals surface area contributed by atoms with Gasteiger partial charge in [-0.3, -0.25) is 0 Å². The molecule has 0 amide bonds. The molecular weight excluding hydrogens is 250 g/mol. The van der Waals surface area contributed by atoms with Crippen LogP contribution in [0.2, 0.25) is 0 Å². The predicted molar refractivity (Wildman–Crippen MR) is 80.2 cm³/mol. The number of benzene rings is 2. The Morgan fingerprint density at radius 2 is 1.80 bits per heavy atom. The second-order valence-corrected chi connectivity index (χ2v) is 5.85. The molecule has 0 spiro atoms. The number of aromatic hydroxyl groups is 1. The van der Waals surface area contributed by atoms with Crippen LogP contribution in [0.25, 0.3) is 0 Å². The quantitative estimate of drug-likeness (QED) is 0.806. The standard InChI is InChI=1S/C17H19NO2/c1-17(2)11-15(14-5-3-4-6-16(14)20-17)18-12-7-9-13(19)10-8-12/h3-10,15,18-19H,11H2,1-2H3. The molecule has 0 aromatic heterocycles. The molecule has 1 aliphatic rings. The van der Waals surface area contributed by atoms with Crippen molar-refractivity contribution in [1.82, 2.24) is 0 Å². The van der Waals surface area contributed by atoms with Gasteiger partial charge in [0, 0.05) is 17.7 Å². The van der Waals surface area contributed by atoms with E-state index in [0.29, 0.717) is 0 Å². The molecule has 0 radical (unpaired) electrons. The highest BCUT2D eigenvalue weighted by atomic mass is 16.5. The molecule has 0 saturated heterocycles. The molecule has 3 heteroatoms. The number of phenols is 1. The van der Waals surface area contributed by atoms with E-state index < -0.39 is 0 Å². The zero-order chi connectivity index (χ0) is 14.2. The Balaban J connectivity index is 1.90. The molecule has 1 heterocycles. The number of nitrogens with one attached hydrogen (secondary N) is 1. The van der Waals surface area contributed by atoms with E-state index in [1.54, 1.807) is 12.1 Å². The van der Waals surface area contributed by atoms with Crippen molar-refractivity contribution < 1.29 is 9.84 Å². The molecule has 2 N–H and O–H groups in total. The Labute approximate surface area is 119 Å². The number of hydrogen-bond donors (Lipinski definition) is 2. The third kappa shape index (κ3) is 2.57. The van der Waals surface area contributed by atoms with Crippen LogP contribution in [0.1, 0.15) is 31.9 Å². The first-order chi connectivity index (χ1) is 9.53. The van der Waals surface area contributed by atoms with Gasteiger partial charge in [-0.05, 0) is 44.2 Å². The number of ether oxygens (including phenoxy) is 1. The molecule has 0 bridgehead atoms. The predicted octanol–water partition coefficient (Wildman–Crippen LogP) is 4.11. The van der Waals surface area contributed by atoms with Crippen LogP contribution in [0.3, 0.4) is 0 Å². The van der Waals surface area contributed by atoms with Gasteiger partial charge in [0.1, 0.15) is 17.1 Å². The van der Waals surface area contributed by atoms with Crippen LogP contribution in [0.15, 0.2) is 48.5 Å². The first-order valence-corrected chi connectivity index (χ1v) is 6.87. The zero-order valence-electron chi connectivity index (χ0n) is 11.8. The molecule has 0 saturated carbocycles. The zero-order valence-corrected chi connectivity index (χ0v) is 11.8. The second-order valence-electron chi connectivity index (χ2n) is 5.85. The lowest BCUT2D eigenvalue weighted by Gasteiger charge is -2.38. The van der Waals surface area contributed by atoms with Crippen LogP contribution in [0.5, 0.6) is 11.5 Å². The number of phenolic OH excluding ortho intramolecular Hbond substituents is 1. The van der Waals surface area contributed by atoms with Crippen molar-refractivity contribution in [2.75, 3.05) is 5.32 Å². The topological polar surface area (TPSA) is 41.5 Å². The van der Waals surface area contributed by atoms with Gasteiger partial charge in [0.25, 0.3) is 0 Å². The fourth-order valence-electron chi connectivity index (χ4n) is 2.69. The highest BCUT2D eigenvalue weighted by molar-refractivity contribution is 5.50. The largest absolute Gasteiger partial charge is 0.508 e. The molecule has 0 aliphatic carbocycles. The van der Waals surface area contributed by atoms with Gasteiger partial charge in [0.15, 0.2) is 0 Å². The van der Waals surface area contributed by atoms with E-state index in [0.717, 1.165) is 17.9 Å². The summed E-state index contributed by atoms with van der Waals surface area (Å²) in [5.74, 6) is 1.23. The summed E-state index contributed by atoms with van der Waals surface area (Å²) in [4.78, 5) is 0. The summed E-state index contributed by atoms with van der Waals surface area (Å²) in [7, 11) is 0. The fourth-order valence-corrected chi connectivity index (χ4v) is 2.69. The summed E-state index contributed by atoms with van der Waals surface area (Å²) >= 11 is 0. The van der Waals surface area contributed by atoms with Gasteiger partial charge in [-0.1, -0.05) is 18.2 Å². The number of anilines is 1. The van der Waals surface area contributed by atoms with Crippen molar-refractivity contribution in [2.45, 2.75) is 31.9 Å². The van der Waals surface area contributed by atoms with Gasteiger partial charge in [-0.25, -0.2) is 0 Å². The number of para-hydroxylation sites is 1. The molecule has 104 valence electrons. The normalized spacial score (nSPS) is 19.8. The average molecular weight is 269 g/mol. The van der Waals surface area contributed by atoms with Crippen molar-refractivity contribution in [3.8, 4) is 11.5 Å². The lowest BCUT2D eigenvalue weighted by Crippen LogP contribution is -2.37. The van der Waals surface area contributed by atoms with Crippen LogP contribution >= 0.6 is 0 Å². The van der Waals surface area contributed by atoms with Crippen molar-refractivity contribution in [3.05, 3.63) is 54.1 Å². The molecule has 2 aromatic carbocycles. The van der Waals surface area contributed by atoms with Gasteiger partial charge in [0.05, 0.1) is 6.04 Å². The molecule has 20 heavy (non-hydrogen) atoms. The van der Waals surface area contributed by atoms with Crippen LogP contribution < -0.4 is 10.1 Å². The fraction of sp³-hybridized carbons (Fsp3) is 0.294. The smallest absolute Gasteiger partial charge is 0.125 e. The van der Waals surface area contributed by atoms with Crippen LogP contribution in [-0.4, -0.2) is 10.7 Å². The van der Waals surface area contributed by atoms with E-state index in [2.05, 4.69) is 25.2 Å². The van der Waals surface area contributed by atoms with Gasteiger partial charge in [-0.2, -0.15) is 0 Å². The van der Waals surface area contributed by atoms with Crippen LogP contribution in [0, 0.1) is 0 Å². The maximum atomic E-state index is 9.36. The Morgan fingerprint density at radius 1 is 1.10 bits per heavy atom. The number of hydrogen-bond acceptors (Lipinski definition) is 3. The van der Waals surface area contributed by atoms with Crippen molar-refractivity contribution in [3.63, 3.8) is 0 Å². The van der Waals surface area contributed by atoms with Crippen molar-refractivity contribution >= 4 is 5.69 Å². The summed E-state index contributed by atoms with van der Waals surface area (Å²) < 4.78 is 6.03. The SMILES string of the molecule is CC1(C)CC(Nc2ccc(O)cc2)c2ccccc2O1. The summed E-state index contributed by atoms with van der Waals surface area (Å²) in [5, 5.41) is 12.9. The van der Waals surface area contributed by atoms with E-state index in [9.17, 15) is 5.11 Å². The minimum atomic E-state index is -0.192. The summed E-state index contributed by atoms with van der Waals surface area (Å²) in [6, 6.07) is 15.5. The van der Waals surface area contributed by atoms with Gasteiger partial charge < -0.3 is 15.2 Å². The maximum Gasteiger partial charge on any atom is 0.125 e. The highest BCUT2D eigenvalue weighted by Gasteiger charge is 2.33. The third-order valence-corrected chi connectivity index (χ3v) is 3.58. The Hall–Kier alpha value is -2.16. The number of fused-ring (bicyclic) bond motifs is 1. The van der Waals surface area contributed by atoms with E-state index in [-0.39, 0.29) is 17.4 Å². The van der Waals surface area contributed by atoms with Crippen LogP contribution in [0.4, 0.5) is 5.69 Å². The third-order valence-electron chi connectivity index (χ3n) is 3.58. The van der Waals surface area contributed by atoms with E-state index in [1.165, 1.54) is 5.56 Å². The summed E-state index contributed by atoms with van der Waals surface area (Å²) in [6.45, 7) is 4.21. The average Bonchev–Trinajstić information content (AvgIpc) is 2.40. The summed E-state index contributed by atoms with van der Waals surface area (Å²) in [5.41, 5.74) is 1.99. The van der Waals surface area contributed by atoms with Crippen molar-refractivity contribution in [1.29, 1.82) is 0 Å². The molecule has 1 aliphatic heterocycles. The second kappa shape index (κ2) is 4.75. The molecule has 0 fully saturated rings. The molecule has 1 unspecified atom stereocenters. The maximum absolute atomic E-state index is 9.36.